The zero-order valence-electron chi connectivity index (χ0n) is 11.1. The lowest BCUT2D eigenvalue weighted by molar-refractivity contribution is 0.170. The first-order valence-electron chi connectivity index (χ1n) is 6.19. The van der Waals surface area contributed by atoms with Gasteiger partial charge >= 0.3 is 0 Å². The molecule has 0 spiro atoms. The van der Waals surface area contributed by atoms with Crippen molar-refractivity contribution < 1.29 is 17.9 Å². The monoisotopic (exact) mass is 364 g/mol. The lowest BCUT2D eigenvalue weighted by atomic mass is 10.2. The number of sulfonamides is 1. The standard InChI is InChI=1S/C12H17BrN2O4S/c1-20(16,17)15-3-2-14-8-9-6-10(13)12-11(7-9)18-4-5-19-12/h6-7,14-15H,2-5,8H2,1H3. The molecule has 1 heterocycles. The fourth-order valence-electron chi connectivity index (χ4n) is 1.82. The van der Waals surface area contributed by atoms with Crippen LogP contribution in [-0.2, 0) is 16.6 Å². The molecule has 8 heteroatoms. The van der Waals surface area contributed by atoms with Crippen LogP contribution in [0.2, 0.25) is 0 Å². The second-order valence-electron chi connectivity index (χ2n) is 4.45. The summed E-state index contributed by atoms with van der Waals surface area (Å²) in [4.78, 5) is 0. The molecule has 1 aliphatic rings. The maximum absolute atomic E-state index is 10.9. The number of ether oxygens (including phenoxy) is 2. The number of nitrogens with one attached hydrogen (secondary N) is 2. The molecule has 0 unspecified atom stereocenters. The van der Waals surface area contributed by atoms with E-state index in [1.807, 2.05) is 12.1 Å². The first kappa shape index (κ1) is 15.6. The van der Waals surface area contributed by atoms with E-state index < -0.39 is 10.0 Å². The van der Waals surface area contributed by atoms with Gasteiger partial charge < -0.3 is 14.8 Å². The second kappa shape index (κ2) is 6.75. The SMILES string of the molecule is CS(=O)(=O)NCCNCc1cc(Br)c2c(c1)OCCO2. The zero-order chi connectivity index (χ0) is 14.6. The third-order valence-corrected chi connectivity index (χ3v) is 3.97. The smallest absolute Gasteiger partial charge is 0.208 e. The Morgan fingerprint density at radius 2 is 2.00 bits per heavy atom. The van der Waals surface area contributed by atoms with E-state index >= 15 is 0 Å². The average Bonchev–Trinajstić information content (AvgIpc) is 2.37. The van der Waals surface area contributed by atoms with Gasteiger partial charge in [0.25, 0.3) is 0 Å². The van der Waals surface area contributed by atoms with Crippen LogP contribution in [0.4, 0.5) is 0 Å². The molecule has 0 fully saturated rings. The van der Waals surface area contributed by atoms with Gasteiger partial charge in [0.05, 0.1) is 10.7 Å². The number of benzene rings is 1. The highest BCUT2D eigenvalue weighted by Gasteiger charge is 2.16. The highest BCUT2D eigenvalue weighted by atomic mass is 79.9. The molecular weight excluding hydrogens is 348 g/mol. The van der Waals surface area contributed by atoms with Crippen molar-refractivity contribution in [1.29, 1.82) is 0 Å². The molecule has 6 nitrogen and oxygen atoms in total. The van der Waals surface area contributed by atoms with Crippen LogP contribution < -0.4 is 19.5 Å². The predicted octanol–water partition coefficient (Wildman–Crippen LogP) is 0.859. The van der Waals surface area contributed by atoms with Crippen LogP contribution in [0.3, 0.4) is 0 Å². The van der Waals surface area contributed by atoms with E-state index in [4.69, 9.17) is 9.47 Å². The normalized spacial score (nSPS) is 14.3. The molecule has 20 heavy (non-hydrogen) atoms. The number of rotatable bonds is 6. The van der Waals surface area contributed by atoms with Crippen molar-refractivity contribution in [2.24, 2.45) is 0 Å². The number of fused-ring (bicyclic) bond motifs is 1. The van der Waals surface area contributed by atoms with Gasteiger partial charge in [-0.05, 0) is 33.6 Å². The molecule has 0 bridgehead atoms. The first-order chi connectivity index (χ1) is 9.46. The van der Waals surface area contributed by atoms with Gasteiger partial charge in [0, 0.05) is 19.6 Å². The molecule has 112 valence electrons. The Bertz CT molecular complexity index is 577. The Hall–Kier alpha value is -0.830. The number of hydrogen-bond donors (Lipinski definition) is 2. The third-order valence-electron chi connectivity index (χ3n) is 2.65. The Kier molecular flexibility index (Phi) is 5.25. The summed E-state index contributed by atoms with van der Waals surface area (Å²) < 4.78 is 36.1. The van der Waals surface area contributed by atoms with E-state index in [0.29, 0.717) is 32.8 Å². The molecule has 0 amide bonds. The van der Waals surface area contributed by atoms with Crippen LogP contribution in [0, 0.1) is 0 Å². The fourth-order valence-corrected chi connectivity index (χ4v) is 2.90. The quantitative estimate of drug-likeness (QED) is 0.732. The summed E-state index contributed by atoms with van der Waals surface area (Å²) >= 11 is 3.46. The molecule has 2 rings (SSSR count). The van der Waals surface area contributed by atoms with E-state index in [1.165, 1.54) is 0 Å². The molecule has 1 aliphatic heterocycles. The molecule has 1 aromatic rings. The largest absolute Gasteiger partial charge is 0.486 e. The molecule has 1 aromatic carbocycles. The maximum atomic E-state index is 10.9. The van der Waals surface area contributed by atoms with Crippen molar-refractivity contribution in [2.45, 2.75) is 6.54 Å². The van der Waals surface area contributed by atoms with Crippen molar-refractivity contribution in [2.75, 3.05) is 32.6 Å². The minimum Gasteiger partial charge on any atom is -0.486 e. The van der Waals surface area contributed by atoms with Crippen LogP contribution in [0.15, 0.2) is 16.6 Å². The molecule has 0 aromatic heterocycles. The topological polar surface area (TPSA) is 76.7 Å². The van der Waals surface area contributed by atoms with Crippen LogP contribution in [-0.4, -0.2) is 41.0 Å². The van der Waals surface area contributed by atoms with Crippen molar-refractivity contribution in [1.82, 2.24) is 10.0 Å². The Morgan fingerprint density at radius 1 is 1.25 bits per heavy atom. The minimum absolute atomic E-state index is 0.366. The van der Waals surface area contributed by atoms with Gasteiger partial charge in [0.2, 0.25) is 10.0 Å². The van der Waals surface area contributed by atoms with Gasteiger partial charge in [-0.3, -0.25) is 0 Å². The first-order valence-corrected chi connectivity index (χ1v) is 8.87. The molecule has 0 radical (unpaired) electrons. The Balaban J connectivity index is 1.86. The van der Waals surface area contributed by atoms with E-state index in [-0.39, 0.29) is 0 Å². The van der Waals surface area contributed by atoms with Gasteiger partial charge in [-0.15, -0.1) is 0 Å². The molecular formula is C12H17BrN2O4S. The molecule has 0 atom stereocenters. The number of halogens is 1. The van der Waals surface area contributed by atoms with E-state index in [1.54, 1.807) is 0 Å². The molecule has 2 N–H and O–H groups in total. The Morgan fingerprint density at radius 3 is 2.75 bits per heavy atom. The molecule has 0 saturated carbocycles. The van der Waals surface area contributed by atoms with Crippen LogP contribution in [0.1, 0.15) is 5.56 Å². The van der Waals surface area contributed by atoms with Crippen LogP contribution in [0.5, 0.6) is 11.5 Å². The highest BCUT2D eigenvalue weighted by Crippen LogP contribution is 2.38. The predicted molar refractivity (Wildman–Crippen MR) is 79.7 cm³/mol. The van der Waals surface area contributed by atoms with Gasteiger partial charge in [-0.25, -0.2) is 13.1 Å². The van der Waals surface area contributed by atoms with Gasteiger partial charge in [0.1, 0.15) is 13.2 Å². The fraction of sp³-hybridized carbons (Fsp3) is 0.500. The van der Waals surface area contributed by atoms with Crippen molar-refractivity contribution in [3.8, 4) is 11.5 Å². The molecule has 0 saturated heterocycles. The highest BCUT2D eigenvalue weighted by molar-refractivity contribution is 9.10. The lowest BCUT2D eigenvalue weighted by Gasteiger charge is -2.20. The second-order valence-corrected chi connectivity index (χ2v) is 7.13. The summed E-state index contributed by atoms with van der Waals surface area (Å²) in [5.41, 5.74) is 1.04. The summed E-state index contributed by atoms with van der Waals surface area (Å²) in [6.45, 7) is 2.65. The summed E-state index contributed by atoms with van der Waals surface area (Å²) in [5.74, 6) is 1.47. The third kappa shape index (κ3) is 4.62. The van der Waals surface area contributed by atoms with Gasteiger partial charge in [-0.2, -0.15) is 0 Å². The average molecular weight is 365 g/mol. The van der Waals surface area contributed by atoms with Crippen LogP contribution in [0.25, 0.3) is 0 Å². The zero-order valence-corrected chi connectivity index (χ0v) is 13.5. The lowest BCUT2D eigenvalue weighted by Crippen LogP contribution is -2.30. The minimum atomic E-state index is -3.12. The summed E-state index contributed by atoms with van der Waals surface area (Å²) in [6, 6.07) is 3.89. The molecule has 0 aliphatic carbocycles. The summed E-state index contributed by atoms with van der Waals surface area (Å²) in [5, 5.41) is 3.16. The van der Waals surface area contributed by atoms with E-state index in [2.05, 4.69) is 26.0 Å². The summed E-state index contributed by atoms with van der Waals surface area (Å²) in [7, 11) is -3.12. The van der Waals surface area contributed by atoms with Gasteiger partial charge in [0.15, 0.2) is 11.5 Å². The van der Waals surface area contributed by atoms with Crippen molar-refractivity contribution >= 4 is 26.0 Å². The van der Waals surface area contributed by atoms with Crippen LogP contribution >= 0.6 is 15.9 Å². The van der Waals surface area contributed by atoms with Gasteiger partial charge in [-0.1, -0.05) is 0 Å². The summed E-state index contributed by atoms with van der Waals surface area (Å²) in [6.07, 6.45) is 1.14. The number of hydrogen-bond acceptors (Lipinski definition) is 5. The van der Waals surface area contributed by atoms with Crippen molar-refractivity contribution in [3.63, 3.8) is 0 Å². The maximum Gasteiger partial charge on any atom is 0.208 e. The van der Waals surface area contributed by atoms with E-state index in [9.17, 15) is 8.42 Å². The van der Waals surface area contributed by atoms with Crippen molar-refractivity contribution in [3.05, 3.63) is 22.2 Å². The van der Waals surface area contributed by atoms with E-state index in [0.717, 1.165) is 27.8 Å². The Labute approximate surface area is 127 Å².